The Morgan fingerprint density at radius 3 is 2.38 bits per heavy atom. The summed E-state index contributed by atoms with van der Waals surface area (Å²) in [7, 11) is -0.269. The summed E-state index contributed by atoms with van der Waals surface area (Å²) in [6.07, 6.45) is 1.81. The number of rotatable bonds is 6. The number of unbranched alkanes of at least 4 members (excludes halogenated alkanes) is 1. The standard InChI is InChI=1S/C16H21NO3S/c1-4-5-12-17(2)21(18,19)16-11-10-15(20-3)13-8-6-7-9-14(13)16/h6-11H,4-5,12H2,1-3H3. The highest BCUT2D eigenvalue weighted by Crippen LogP contribution is 2.32. The fourth-order valence-corrected chi connectivity index (χ4v) is 3.72. The average molecular weight is 307 g/mol. The molecule has 2 aromatic rings. The molecular weight excluding hydrogens is 286 g/mol. The smallest absolute Gasteiger partial charge is 0.243 e. The average Bonchev–Trinajstić information content (AvgIpc) is 2.51. The van der Waals surface area contributed by atoms with Gasteiger partial charge in [0.1, 0.15) is 5.75 Å². The van der Waals surface area contributed by atoms with Crippen LogP contribution in [0.4, 0.5) is 0 Å². The molecule has 5 heteroatoms. The van der Waals surface area contributed by atoms with Gasteiger partial charge in [-0.15, -0.1) is 0 Å². The van der Waals surface area contributed by atoms with E-state index in [4.69, 9.17) is 4.74 Å². The zero-order valence-electron chi connectivity index (χ0n) is 12.7. The summed E-state index contributed by atoms with van der Waals surface area (Å²) < 4.78 is 32.2. The second-order valence-electron chi connectivity index (χ2n) is 4.99. The first kappa shape index (κ1) is 15.8. The normalized spacial score (nSPS) is 12.0. The Bertz CT molecular complexity index is 725. The molecule has 114 valence electrons. The van der Waals surface area contributed by atoms with Crippen LogP contribution in [0, 0.1) is 0 Å². The van der Waals surface area contributed by atoms with Gasteiger partial charge in [0.25, 0.3) is 0 Å². The number of fused-ring (bicyclic) bond motifs is 1. The Hall–Kier alpha value is -1.59. The highest BCUT2D eigenvalue weighted by molar-refractivity contribution is 7.89. The maximum absolute atomic E-state index is 12.7. The van der Waals surface area contributed by atoms with E-state index in [9.17, 15) is 8.42 Å². The summed E-state index contributed by atoms with van der Waals surface area (Å²) >= 11 is 0. The maximum Gasteiger partial charge on any atom is 0.243 e. The third kappa shape index (κ3) is 3.04. The van der Waals surface area contributed by atoms with Crippen molar-refractivity contribution in [3.8, 4) is 5.75 Å². The number of nitrogens with zero attached hydrogens (tertiary/aromatic N) is 1. The number of ether oxygens (including phenoxy) is 1. The van der Waals surface area contributed by atoms with Gasteiger partial charge in [-0.05, 0) is 18.6 Å². The van der Waals surface area contributed by atoms with Crippen molar-refractivity contribution in [1.29, 1.82) is 0 Å². The number of sulfonamides is 1. The zero-order chi connectivity index (χ0) is 15.5. The van der Waals surface area contributed by atoms with Gasteiger partial charge in [-0.1, -0.05) is 37.6 Å². The Kier molecular flexibility index (Phi) is 4.85. The van der Waals surface area contributed by atoms with E-state index in [1.165, 1.54) is 4.31 Å². The summed E-state index contributed by atoms with van der Waals surface area (Å²) in [6, 6.07) is 10.7. The molecule has 0 atom stereocenters. The Labute approximate surface area is 126 Å². The van der Waals surface area contributed by atoms with Crippen molar-refractivity contribution in [3.63, 3.8) is 0 Å². The number of hydrogen-bond acceptors (Lipinski definition) is 3. The quantitative estimate of drug-likeness (QED) is 0.823. The van der Waals surface area contributed by atoms with E-state index in [1.807, 2.05) is 31.2 Å². The largest absolute Gasteiger partial charge is 0.496 e. The van der Waals surface area contributed by atoms with Crippen molar-refractivity contribution in [2.45, 2.75) is 24.7 Å². The van der Waals surface area contributed by atoms with Gasteiger partial charge < -0.3 is 4.74 Å². The molecular formula is C16H21NO3S. The SMILES string of the molecule is CCCCN(C)S(=O)(=O)c1ccc(OC)c2ccccc12. The van der Waals surface area contributed by atoms with Crippen LogP contribution in [0.3, 0.4) is 0 Å². The van der Waals surface area contributed by atoms with Crippen LogP contribution in [0.2, 0.25) is 0 Å². The molecule has 0 bridgehead atoms. The minimum absolute atomic E-state index is 0.331. The third-order valence-electron chi connectivity index (χ3n) is 3.58. The molecule has 0 heterocycles. The van der Waals surface area contributed by atoms with Crippen LogP contribution in [0.5, 0.6) is 5.75 Å². The molecule has 0 aliphatic rings. The summed E-state index contributed by atoms with van der Waals surface area (Å²) in [5.74, 6) is 0.681. The zero-order valence-corrected chi connectivity index (χ0v) is 13.5. The first-order chi connectivity index (χ1) is 10.0. The van der Waals surface area contributed by atoms with Crippen LogP contribution in [-0.4, -0.2) is 33.4 Å². The van der Waals surface area contributed by atoms with Gasteiger partial charge in [-0.25, -0.2) is 12.7 Å². The molecule has 0 saturated heterocycles. The molecule has 21 heavy (non-hydrogen) atoms. The molecule has 4 nitrogen and oxygen atoms in total. The highest BCUT2D eigenvalue weighted by atomic mass is 32.2. The first-order valence-corrected chi connectivity index (χ1v) is 8.48. The summed E-state index contributed by atoms with van der Waals surface area (Å²) in [5.41, 5.74) is 0. The molecule has 0 spiro atoms. The van der Waals surface area contributed by atoms with Gasteiger partial charge in [0.15, 0.2) is 0 Å². The van der Waals surface area contributed by atoms with E-state index in [1.54, 1.807) is 26.3 Å². The lowest BCUT2D eigenvalue weighted by atomic mass is 10.1. The molecule has 0 N–H and O–H groups in total. The third-order valence-corrected chi connectivity index (χ3v) is 5.49. The Balaban J connectivity index is 2.57. The summed E-state index contributed by atoms with van der Waals surface area (Å²) in [4.78, 5) is 0.331. The van der Waals surface area contributed by atoms with Gasteiger partial charge in [0, 0.05) is 24.4 Å². The van der Waals surface area contributed by atoms with Gasteiger partial charge in [-0.3, -0.25) is 0 Å². The maximum atomic E-state index is 12.7. The van der Waals surface area contributed by atoms with Crippen molar-refractivity contribution >= 4 is 20.8 Å². The van der Waals surface area contributed by atoms with Crippen LogP contribution in [0.15, 0.2) is 41.3 Å². The van der Waals surface area contributed by atoms with Crippen molar-refractivity contribution in [1.82, 2.24) is 4.31 Å². The molecule has 0 amide bonds. The Morgan fingerprint density at radius 2 is 1.76 bits per heavy atom. The minimum atomic E-state index is -3.49. The molecule has 0 unspecified atom stereocenters. The van der Waals surface area contributed by atoms with Crippen molar-refractivity contribution in [3.05, 3.63) is 36.4 Å². The van der Waals surface area contributed by atoms with Crippen LogP contribution in [0.25, 0.3) is 10.8 Å². The number of hydrogen-bond donors (Lipinski definition) is 0. The fraction of sp³-hybridized carbons (Fsp3) is 0.375. The van der Waals surface area contributed by atoms with Crippen LogP contribution >= 0.6 is 0 Å². The van der Waals surface area contributed by atoms with Gasteiger partial charge >= 0.3 is 0 Å². The predicted octanol–water partition coefficient (Wildman–Crippen LogP) is 3.27. The molecule has 0 aliphatic carbocycles. The number of benzene rings is 2. The highest BCUT2D eigenvalue weighted by Gasteiger charge is 2.23. The van der Waals surface area contributed by atoms with E-state index < -0.39 is 10.0 Å². The fourth-order valence-electron chi connectivity index (χ4n) is 2.32. The second kappa shape index (κ2) is 6.45. The van der Waals surface area contributed by atoms with Crippen molar-refractivity contribution < 1.29 is 13.2 Å². The van der Waals surface area contributed by atoms with Crippen LogP contribution in [0.1, 0.15) is 19.8 Å². The molecule has 0 fully saturated rings. The molecule has 0 aromatic heterocycles. The molecule has 2 rings (SSSR count). The topological polar surface area (TPSA) is 46.6 Å². The van der Waals surface area contributed by atoms with Crippen molar-refractivity contribution in [2.24, 2.45) is 0 Å². The van der Waals surface area contributed by atoms with E-state index in [-0.39, 0.29) is 0 Å². The molecule has 0 aliphatic heterocycles. The number of methoxy groups -OCH3 is 1. The summed E-state index contributed by atoms with van der Waals surface area (Å²) in [6.45, 7) is 2.57. The minimum Gasteiger partial charge on any atom is -0.496 e. The van der Waals surface area contributed by atoms with Gasteiger partial charge in [-0.2, -0.15) is 0 Å². The second-order valence-corrected chi connectivity index (χ2v) is 7.00. The van der Waals surface area contributed by atoms with E-state index in [2.05, 4.69) is 0 Å². The first-order valence-electron chi connectivity index (χ1n) is 7.04. The lowest BCUT2D eigenvalue weighted by Crippen LogP contribution is -2.28. The monoisotopic (exact) mass is 307 g/mol. The van der Waals surface area contributed by atoms with Gasteiger partial charge in [0.05, 0.1) is 12.0 Å². The van der Waals surface area contributed by atoms with E-state index in [0.717, 1.165) is 18.2 Å². The van der Waals surface area contributed by atoms with E-state index >= 15 is 0 Å². The molecule has 0 radical (unpaired) electrons. The summed E-state index contributed by atoms with van der Waals surface area (Å²) in [5, 5.41) is 1.50. The van der Waals surface area contributed by atoms with Crippen LogP contribution in [-0.2, 0) is 10.0 Å². The van der Waals surface area contributed by atoms with Crippen LogP contribution < -0.4 is 4.74 Å². The lowest BCUT2D eigenvalue weighted by Gasteiger charge is -2.18. The molecule has 0 saturated carbocycles. The van der Waals surface area contributed by atoms with Crippen molar-refractivity contribution in [2.75, 3.05) is 20.7 Å². The Morgan fingerprint density at radius 1 is 1.10 bits per heavy atom. The van der Waals surface area contributed by atoms with E-state index in [0.29, 0.717) is 22.6 Å². The lowest BCUT2D eigenvalue weighted by molar-refractivity contribution is 0.419. The van der Waals surface area contributed by atoms with Gasteiger partial charge in [0.2, 0.25) is 10.0 Å². The molecule has 2 aromatic carbocycles. The predicted molar refractivity (Wildman–Crippen MR) is 85.2 cm³/mol.